The number of carbonyl (C=O) groups is 1. The molecule has 11 heteroatoms. The van der Waals surface area contributed by atoms with E-state index in [4.69, 9.17) is 0 Å². The number of nitrogens with zero attached hydrogens (tertiary/aromatic N) is 2. The molecule has 1 aliphatic rings. The van der Waals surface area contributed by atoms with E-state index >= 15 is 0 Å². The second-order valence-corrected chi connectivity index (χ2v) is 7.36. The van der Waals surface area contributed by atoms with Gasteiger partial charge < -0.3 is 4.90 Å². The van der Waals surface area contributed by atoms with Crippen molar-refractivity contribution in [1.82, 2.24) is 20.1 Å². The van der Waals surface area contributed by atoms with Gasteiger partial charge in [0, 0.05) is 13.1 Å². The Balaban J connectivity index is 1.78. The van der Waals surface area contributed by atoms with Crippen LogP contribution in [0.15, 0.2) is 38.8 Å². The number of hydrogen-bond acceptors (Lipinski definition) is 6. The van der Waals surface area contributed by atoms with Gasteiger partial charge in [0.25, 0.3) is 11.5 Å². The van der Waals surface area contributed by atoms with Gasteiger partial charge in [0.2, 0.25) is 5.69 Å². The second-order valence-electron chi connectivity index (χ2n) is 5.16. The van der Waals surface area contributed by atoms with E-state index in [9.17, 15) is 27.2 Å². The molecule has 1 aromatic carbocycles. The molecule has 2 heterocycles. The Bertz CT molecular complexity index is 1020. The van der Waals surface area contributed by atoms with Crippen molar-refractivity contribution in [1.29, 1.82) is 0 Å². The van der Waals surface area contributed by atoms with Crippen LogP contribution in [-0.4, -0.2) is 52.7 Å². The number of amides is 1. The lowest BCUT2D eigenvalue weighted by Gasteiger charge is -2.38. The summed E-state index contributed by atoms with van der Waals surface area (Å²) < 4.78 is 38.4. The molecule has 1 amide bonds. The molecule has 126 valence electrons. The number of aromatic amines is 2. The van der Waals surface area contributed by atoms with E-state index in [0.29, 0.717) is 0 Å². The molecule has 0 atom stereocenters. The molecule has 1 fully saturated rings. The van der Waals surface area contributed by atoms with Crippen LogP contribution in [0.4, 0.5) is 4.39 Å². The number of rotatable bonds is 3. The number of likely N-dealkylation sites (tertiary alicyclic amines) is 1. The van der Waals surface area contributed by atoms with Gasteiger partial charge in [-0.05, 0) is 12.1 Å². The number of H-pyrrole nitrogens is 2. The van der Waals surface area contributed by atoms with E-state index in [0.717, 1.165) is 17.0 Å². The molecule has 0 bridgehead atoms. The number of aromatic nitrogens is 3. The molecule has 0 aliphatic carbocycles. The second kappa shape index (κ2) is 5.67. The van der Waals surface area contributed by atoms with Gasteiger partial charge in [-0.1, -0.05) is 12.1 Å². The lowest BCUT2D eigenvalue weighted by molar-refractivity contribution is 0.0649. The SMILES string of the molecule is O=C(c1n[nH]c(=O)[nH]c1=O)N1CC(S(=O)(=O)c2ccccc2F)C1. The zero-order valence-electron chi connectivity index (χ0n) is 12.0. The summed E-state index contributed by atoms with van der Waals surface area (Å²) >= 11 is 0. The quantitative estimate of drug-likeness (QED) is 0.718. The predicted octanol–water partition coefficient (Wildman–Crippen LogP) is -1.10. The Labute approximate surface area is 134 Å². The Kier molecular flexibility index (Phi) is 3.79. The summed E-state index contributed by atoms with van der Waals surface area (Å²) in [6.07, 6.45) is 0. The van der Waals surface area contributed by atoms with Crippen LogP contribution in [0.3, 0.4) is 0 Å². The normalized spacial score (nSPS) is 15.1. The predicted molar refractivity (Wildman–Crippen MR) is 78.8 cm³/mol. The first-order valence-electron chi connectivity index (χ1n) is 6.77. The number of carbonyl (C=O) groups excluding carboxylic acids is 1. The molecular weight excluding hydrogens is 343 g/mol. The number of hydrogen-bond donors (Lipinski definition) is 2. The van der Waals surface area contributed by atoms with Gasteiger partial charge in [-0.3, -0.25) is 14.6 Å². The Morgan fingerprint density at radius 2 is 1.92 bits per heavy atom. The molecule has 1 aliphatic heterocycles. The molecule has 1 aromatic heterocycles. The molecule has 24 heavy (non-hydrogen) atoms. The Morgan fingerprint density at radius 3 is 2.54 bits per heavy atom. The van der Waals surface area contributed by atoms with Crippen LogP contribution in [-0.2, 0) is 9.84 Å². The standard InChI is InChI=1S/C13H11FN4O5S/c14-8-3-1-2-4-9(8)24(22,23)7-5-18(6-7)12(20)10-11(19)15-13(21)17-16-10/h1-4,7H,5-6H2,(H2,15,17,19,21). The Hall–Kier alpha value is -2.82. The van der Waals surface area contributed by atoms with Crippen molar-refractivity contribution in [3.8, 4) is 0 Å². The summed E-state index contributed by atoms with van der Waals surface area (Å²) in [6, 6.07) is 4.97. The zero-order chi connectivity index (χ0) is 17.5. The highest BCUT2D eigenvalue weighted by molar-refractivity contribution is 7.92. The van der Waals surface area contributed by atoms with E-state index in [1.54, 1.807) is 0 Å². The zero-order valence-corrected chi connectivity index (χ0v) is 12.8. The average molecular weight is 354 g/mol. The monoisotopic (exact) mass is 354 g/mol. The Morgan fingerprint density at radius 1 is 1.25 bits per heavy atom. The minimum Gasteiger partial charge on any atom is -0.334 e. The summed E-state index contributed by atoms with van der Waals surface area (Å²) in [5.41, 5.74) is -2.37. The van der Waals surface area contributed by atoms with Gasteiger partial charge in [0.05, 0.1) is 0 Å². The van der Waals surface area contributed by atoms with Crippen LogP contribution in [0.25, 0.3) is 0 Å². The maximum atomic E-state index is 13.7. The van der Waals surface area contributed by atoms with E-state index in [-0.39, 0.29) is 13.1 Å². The van der Waals surface area contributed by atoms with Crippen LogP contribution in [0.5, 0.6) is 0 Å². The van der Waals surface area contributed by atoms with Crippen molar-refractivity contribution < 1.29 is 17.6 Å². The topological polar surface area (TPSA) is 133 Å². The first kappa shape index (κ1) is 16.1. The summed E-state index contributed by atoms with van der Waals surface area (Å²) in [4.78, 5) is 37.0. The highest BCUT2D eigenvalue weighted by atomic mass is 32.2. The summed E-state index contributed by atoms with van der Waals surface area (Å²) in [7, 11) is -3.93. The molecule has 2 N–H and O–H groups in total. The highest BCUT2D eigenvalue weighted by Gasteiger charge is 2.42. The average Bonchev–Trinajstić information content (AvgIpc) is 2.45. The third-order valence-corrected chi connectivity index (χ3v) is 5.75. The first-order valence-corrected chi connectivity index (χ1v) is 8.32. The molecule has 9 nitrogen and oxygen atoms in total. The van der Waals surface area contributed by atoms with E-state index in [1.807, 2.05) is 10.1 Å². The fourth-order valence-corrected chi connectivity index (χ4v) is 4.02. The summed E-state index contributed by atoms with van der Waals surface area (Å²) in [6.45, 7) is -0.397. The molecule has 0 radical (unpaired) electrons. The third-order valence-electron chi connectivity index (χ3n) is 3.63. The fourth-order valence-electron chi connectivity index (χ4n) is 2.30. The van der Waals surface area contributed by atoms with Gasteiger partial charge in [-0.2, -0.15) is 5.10 Å². The molecule has 3 rings (SSSR count). The van der Waals surface area contributed by atoms with Gasteiger partial charge in [-0.25, -0.2) is 22.7 Å². The van der Waals surface area contributed by atoms with Gasteiger partial charge >= 0.3 is 5.69 Å². The van der Waals surface area contributed by atoms with Crippen molar-refractivity contribution in [3.05, 3.63) is 56.6 Å². The third kappa shape index (κ3) is 2.62. The maximum absolute atomic E-state index is 13.7. The molecule has 0 spiro atoms. The summed E-state index contributed by atoms with van der Waals surface area (Å²) in [5, 5.41) is 4.31. The van der Waals surface area contributed by atoms with Crippen LogP contribution in [0, 0.1) is 5.82 Å². The molecule has 0 unspecified atom stereocenters. The minimum absolute atomic E-state index is 0.199. The van der Waals surface area contributed by atoms with Crippen molar-refractivity contribution in [2.75, 3.05) is 13.1 Å². The lowest BCUT2D eigenvalue weighted by Crippen LogP contribution is -2.58. The van der Waals surface area contributed by atoms with Crippen molar-refractivity contribution in [2.24, 2.45) is 0 Å². The maximum Gasteiger partial charge on any atom is 0.342 e. The van der Waals surface area contributed by atoms with E-state index < -0.39 is 48.7 Å². The number of halogens is 1. The van der Waals surface area contributed by atoms with Crippen molar-refractivity contribution >= 4 is 15.7 Å². The molecule has 1 saturated heterocycles. The fraction of sp³-hybridized carbons (Fsp3) is 0.231. The number of benzene rings is 1. The van der Waals surface area contributed by atoms with Crippen LogP contribution in [0.1, 0.15) is 10.5 Å². The van der Waals surface area contributed by atoms with E-state index in [1.165, 1.54) is 12.1 Å². The van der Waals surface area contributed by atoms with E-state index in [2.05, 4.69) is 5.10 Å². The number of nitrogens with one attached hydrogen (secondary N) is 2. The van der Waals surface area contributed by atoms with Gasteiger partial charge in [0.1, 0.15) is 16.0 Å². The number of sulfone groups is 1. The summed E-state index contributed by atoms with van der Waals surface area (Å²) in [5.74, 6) is -1.67. The van der Waals surface area contributed by atoms with Crippen LogP contribution >= 0.6 is 0 Å². The van der Waals surface area contributed by atoms with Crippen molar-refractivity contribution in [3.63, 3.8) is 0 Å². The smallest absolute Gasteiger partial charge is 0.334 e. The molecular formula is C13H11FN4O5S. The largest absolute Gasteiger partial charge is 0.342 e. The minimum atomic E-state index is -3.93. The molecule has 0 saturated carbocycles. The van der Waals surface area contributed by atoms with Crippen LogP contribution in [0.2, 0.25) is 0 Å². The molecule has 2 aromatic rings. The highest BCUT2D eigenvalue weighted by Crippen LogP contribution is 2.26. The van der Waals surface area contributed by atoms with Crippen LogP contribution < -0.4 is 11.2 Å². The van der Waals surface area contributed by atoms with Gasteiger partial charge in [0.15, 0.2) is 9.84 Å². The lowest BCUT2D eigenvalue weighted by atomic mass is 10.2. The van der Waals surface area contributed by atoms with Crippen molar-refractivity contribution in [2.45, 2.75) is 10.1 Å². The van der Waals surface area contributed by atoms with Gasteiger partial charge in [-0.15, -0.1) is 0 Å². The first-order chi connectivity index (χ1) is 11.3.